The van der Waals surface area contributed by atoms with Crippen LogP contribution >= 0.6 is 34.8 Å². The fourth-order valence-corrected chi connectivity index (χ4v) is 3.12. The number of ether oxygens (including phenoxy) is 1. The number of methoxy groups -OCH3 is 1. The minimum Gasteiger partial charge on any atom is -0.496 e. The van der Waals surface area contributed by atoms with Gasteiger partial charge in [-0.05, 0) is 65.1 Å². The van der Waals surface area contributed by atoms with Gasteiger partial charge in [0.15, 0.2) is 5.11 Å². The van der Waals surface area contributed by atoms with Crippen LogP contribution in [0.5, 0.6) is 5.75 Å². The molecule has 2 rings (SSSR count). The minimum absolute atomic E-state index is 0.0924. The maximum atomic E-state index is 12.4. The second-order valence-corrected chi connectivity index (χ2v) is 6.87. The SMILES string of the molecule is C=CCNC(=O)c1ccccc1NC(=S)NC(=O)c1ccc(OC)c(I)c1. The Labute approximate surface area is 176 Å². The number of halogens is 1. The third-order valence-corrected chi connectivity index (χ3v) is 4.52. The number of hydrogen-bond donors (Lipinski definition) is 3. The van der Waals surface area contributed by atoms with Gasteiger partial charge in [0.25, 0.3) is 11.8 Å². The van der Waals surface area contributed by atoms with Crippen molar-refractivity contribution in [1.82, 2.24) is 10.6 Å². The Morgan fingerprint density at radius 3 is 2.63 bits per heavy atom. The number of hydrogen-bond acceptors (Lipinski definition) is 4. The van der Waals surface area contributed by atoms with E-state index < -0.39 is 0 Å². The van der Waals surface area contributed by atoms with Crippen molar-refractivity contribution in [1.29, 1.82) is 0 Å². The normalized spacial score (nSPS) is 9.85. The molecule has 0 fully saturated rings. The van der Waals surface area contributed by atoms with Crippen molar-refractivity contribution in [3.05, 3.63) is 69.8 Å². The molecule has 0 aliphatic carbocycles. The number of thiocarbonyl (C=S) groups is 1. The maximum Gasteiger partial charge on any atom is 0.257 e. The third kappa shape index (κ3) is 5.76. The molecule has 2 aromatic carbocycles. The maximum absolute atomic E-state index is 12.4. The second kappa shape index (κ2) is 10.0. The van der Waals surface area contributed by atoms with Gasteiger partial charge in [-0.15, -0.1) is 6.58 Å². The largest absolute Gasteiger partial charge is 0.496 e. The van der Waals surface area contributed by atoms with Gasteiger partial charge in [0.2, 0.25) is 0 Å². The lowest BCUT2D eigenvalue weighted by atomic mass is 10.1. The Morgan fingerprint density at radius 1 is 1.22 bits per heavy atom. The van der Waals surface area contributed by atoms with Crippen LogP contribution in [-0.4, -0.2) is 30.6 Å². The van der Waals surface area contributed by atoms with E-state index in [4.69, 9.17) is 17.0 Å². The van der Waals surface area contributed by atoms with Gasteiger partial charge in [-0.2, -0.15) is 0 Å². The molecular weight excluding hydrogens is 477 g/mol. The lowest BCUT2D eigenvalue weighted by molar-refractivity contribution is 0.0956. The monoisotopic (exact) mass is 495 g/mol. The van der Waals surface area contributed by atoms with Crippen molar-refractivity contribution in [2.75, 3.05) is 19.0 Å². The molecule has 27 heavy (non-hydrogen) atoms. The van der Waals surface area contributed by atoms with Crippen molar-refractivity contribution in [2.45, 2.75) is 0 Å². The fourth-order valence-electron chi connectivity index (χ4n) is 2.19. The predicted octanol–water partition coefficient (Wildman–Crippen LogP) is 3.34. The number of anilines is 1. The predicted molar refractivity (Wildman–Crippen MR) is 118 cm³/mol. The van der Waals surface area contributed by atoms with E-state index >= 15 is 0 Å². The van der Waals surface area contributed by atoms with E-state index in [2.05, 4.69) is 45.1 Å². The first kappa shape index (κ1) is 20.8. The van der Waals surface area contributed by atoms with Gasteiger partial charge in [0, 0.05) is 12.1 Å². The molecule has 0 aliphatic heterocycles. The molecule has 8 heteroatoms. The summed E-state index contributed by atoms with van der Waals surface area (Å²) in [6.07, 6.45) is 1.59. The average Bonchev–Trinajstić information content (AvgIpc) is 2.66. The van der Waals surface area contributed by atoms with E-state index in [1.165, 1.54) is 0 Å². The Morgan fingerprint density at radius 2 is 1.96 bits per heavy atom. The summed E-state index contributed by atoms with van der Waals surface area (Å²) < 4.78 is 5.99. The molecule has 0 bridgehead atoms. The number of amides is 2. The van der Waals surface area contributed by atoms with Crippen molar-refractivity contribution < 1.29 is 14.3 Å². The summed E-state index contributed by atoms with van der Waals surface area (Å²) in [6, 6.07) is 11.9. The Hall–Kier alpha value is -2.46. The zero-order chi connectivity index (χ0) is 19.8. The Kier molecular flexibility index (Phi) is 7.74. The first-order chi connectivity index (χ1) is 13.0. The van der Waals surface area contributed by atoms with E-state index in [9.17, 15) is 9.59 Å². The highest BCUT2D eigenvalue weighted by Crippen LogP contribution is 2.21. The summed E-state index contributed by atoms with van der Waals surface area (Å²) in [5, 5.41) is 8.30. The van der Waals surface area contributed by atoms with Crippen molar-refractivity contribution in [3.63, 3.8) is 0 Å². The summed E-state index contributed by atoms with van der Waals surface area (Å²) in [6.45, 7) is 3.92. The first-order valence-electron chi connectivity index (χ1n) is 7.90. The van der Waals surface area contributed by atoms with E-state index in [1.807, 2.05) is 0 Å². The molecule has 0 saturated carbocycles. The van der Waals surface area contributed by atoms with Gasteiger partial charge in [0.05, 0.1) is 21.9 Å². The van der Waals surface area contributed by atoms with Crippen molar-refractivity contribution >= 4 is 57.4 Å². The fraction of sp³-hybridized carbons (Fsp3) is 0.105. The van der Waals surface area contributed by atoms with Crippen LogP contribution < -0.4 is 20.7 Å². The lowest BCUT2D eigenvalue weighted by Crippen LogP contribution is -2.35. The molecule has 0 aliphatic rings. The number of nitrogens with one attached hydrogen (secondary N) is 3. The summed E-state index contributed by atoms with van der Waals surface area (Å²) in [5.41, 5.74) is 1.35. The van der Waals surface area contributed by atoms with Gasteiger partial charge in [0.1, 0.15) is 5.75 Å². The summed E-state index contributed by atoms with van der Waals surface area (Å²) in [7, 11) is 1.57. The first-order valence-corrected chi connectivity index (χ1v) is 9.39. The number of para-hydroxylation sites is 1. The molecule has 140 valence electrons. The zero-order valence-corrected chi connectivity index (χ0v) is 17.5. The van der Waals surface area contributed by atoms with Crippen LogP contribution in [0.2, 0.25) is 0 Å². The number of carbonyl (C=O) groups excluding carboxylic acids is 2. The van der Waals surface area contributed by atoms with Crippen molar-refractivity contribution in [2.24, 2.45) is 0 Å². The van der Waals surface area contributed by atoms with Gasteiger partial charge in [-0.3, -0.25) is 14.9 Å². The van der Waals surface area contributed by atoms with Crippen LogP contribution in [0, 0.1) is 3.57 Å². The van der Waals surface area contributed by atoms with Crippen molar-refractivity contribution in [3.8, 4) is 5.75 Å². The number of rotatable bonds is 6. The topological polar surface area (TPSA) is 79.5 Å². The van der Waals surface area contributed by atoms with E-state index in [0.29, 0.717) is 29.1 Å². The van der Waals surface area contributed by atoms with Gasteiger partial charge in [-0.1, -0.05) is 18.2 Å². The van der Waals surface area contributed by atoms with Crippen LogP contribution in [-0.2, 0) is 0 Å². The lowest BCUT2D eigenvalue weighted by Gasteiger charge is -2.13. The molecule has 0 heterocycles. The van der Waals surface area contributed by atoms with Gasteiger partial charge in [-0.25, -0.2) is 0 Å². The highest BCUT2D eigenvalue weighted by molar-refractivity contribution is 14.1. The Bertz CT molecular complexity index is 886. The van der Waals surface area contributed by atoms with Gasteiger partial charge < -0.3 is 15.4 Å². The van der Waals surface area contributed by atoms with E-state index in [-0.39, 0.29) is 16.9 Å². The molecule has 3 N–H and O–H groups in total. The van der Waals surface area contributed by atoms with Crippen LogP contribution in [0.15, 0.2) is 55.1 Å². The van der Waals surface area contributed by atoms with Crippen LogP contribution in [0.25, 0.3) is 0 Å². The van der Waals surface area contributed by atoms with Gasteiger partial charge >= 0.3 is 0 Å². The van der Waals surface area contributed by atoms with Crippen LogP contribution in [0.1, 0.15) is 20.7 Å². The number of carbonyl (C=O) groups is 2. The molecule has 0 aromatic heterocycles. The molecule has 2 amide bonds. The van der Waals surface area contributed by atoms with Crippen LogP contribution in [0.4, 0.5) is 5.69 Å². The molecular formula is C19H18IN3O3S. The molecule has 0 saturated heterocycles. The standard InChI is InChI=1S/C19H18IN3O3S/c1-3-10-21-18(25)13-6-4-5-7-15(13)22-19(27)23-17(24)12-8-9-16(26-2)14(20)11-12/h3-9,11H,1,10H2,2H3,(H,21,25)(H2,22,23,24,27). The number of benzene rings is 2. The molecule has 0 atom stereocenters. The molecule has 6 nitrogen and oxygen atoms in total. The zero-order valence-electron chi connectivity index (χ0n) is 14.5. The van der Waals surface area contributed by atoms with Crippen LogP contribution in [0.3, 0.4) is 0 Å². The highest BCUT2D eigenvalue weighted by atomic mass is 127. The molecule has 0 unspecified atom stereocenters. The molecule has 2 aromatic rings. The third-order valence-electron chi connectivity index (χ3n) is 3.47. The van der Waals surface area contributed by atoms with E-state index in [0.717, 1.165) is 3.57 Å². The molecule has 0 radical (unpaired) electrons. The highest BCUT2D eigenvalue weighted by Gasteiger charge is 2.14. The summed E-state index contributed by atoms with van der Waals surface area (Å²) in [5.74, 6) is 0.0609. The quantitative estimate of drug-likeness (QED) is 0.326. The summed E-state index contributed by atoms with van der Waals surface area (Å²) in [4.78, 5) is 24.6. The second-order valence-electron chi connectivity index (χ2n) is 5.30. The van der Waals surface area contributed by atoms with E-state index in [1.54, 1.807) is 55.7 Å². The molecule has 0 spiro atoms. The Balaban J connectivity index is 2.07. The average molecular weight is 495 g/mol. The smallest absolute Gasteiger partial charge is 0.257 e. The summed E-state index contributed by atoms with van der Waals surface area (Å²) >= 11 is 7.30. The minimum atomic E-state index is -0.360.